The normalized spacial score (nSPS) is 10.2. The summed E-state index contributed by atoms with van der Waals surface area (Å²) >= 11 is 0. The van der Waals surface area contributed by atoms with Crippen molar-refractivity contribution < 1.29 is 0 Å². The van der Waals surface area contributed by atoms with E-state index in [-0.39, 0.29) is 0 Å². The van der Waals surface area contributed by atoms with Gasteiger partial charge in [-0.3, -0.25) is 0 Å². The fourth-order valence-electron chi connectivity index (χ4n) is 2.08. The first-order chi connectivity index (χ1) is 8.74. The lowest BCUT2D eigenvalue weighted by molar-refractivity contribution is 0.869. The van der Waals surface area contributed by atoms with E-state index >= 15 is 0 Å². The van der Waals surface area contributed by atoms with E-state index < -0.39 is 0 Å². The summed E-state index contributed by atoms with van der Waals surface area (Å²) in [4.78, 5) is 2.89. The molecule has 0 amide bonds. The van der Waals surface area contributed by atoms with Gasteiger partial charge in [-0.2, -0.15) is 0 Å². The number of nitrogens with zero attached hydrogens (tertiary/aromatic N) is 3. The van der Waals surface area contributed by atoms with Crippen molar-refractivity contribution in [1.29, 1.82) is 0 Å². The Morgan fingerprint density at radius 3 is 2.22 bits per heavy atom. The number of azide groups is 1. The van der Waals surface area contributed by atoms with E-state index in [1.54, 1.807) is 0 Å². The van der Waals surface area contributed by atoms with Crippen LogP contribution >= 0.6 is 0 Å². The van der Waals surface area contributed by atoms with Gasteiger partial charge in [0.2, 0.25) is 0 Å². The van der Waals surface area contributed by atoms with Crippen LogP contribution in [0.5, 0.6) is 0 Å². The largest absolute Gasteiger partial charge is 0.0619 e. The lowest BCUT2D eigenvalue weighted by atomic mass is 9.92. The van der Waals surface area contributed by atoms with Gasteiger partial charge >= 0.3 is 0 Å². The Hall–Kier alpha value is -2.25. The second kappa shape index (κ2) is 5.39. The van der Waals surface area contributed by atoms with E-state index in [0.717, 1.165) is 11.1 Å². The highest BCUT2D eigenvalue weighted by Crippen LogP contribution is 2.35. The molecule has 18 heavy (non-hydrogen) atoms. The molecule has 0 aliphatic heterocycles. The van der Waals surface area contributed by atoms with Crippen LogP contribution in [0, 0.1) is 0 Å². The van der Waals surface area contributed by atoms with E-state index in [1.165, 1.54) is 5.56 Å². The molecule has 2 rings (SSSR count). The maximum absolute atomic E-state index is 8.63. The van der Waals surface area contributed by atoms with Crippen LogP contribution in [-0.2, 0) is 0 Å². The highest BCUT2D eigenvalue weighted by atomic mass is 15.1. The van der Waals surface area contributed by atoms with Gasteiger partial charge < -0.3 is 0 Å². The monoisotopic (exact) mass is 237 g/mol. The molecule has 0 spiro atoms. The van der Waals surface area contributed by atoms with Crippen LogP contribution in [0.3, 0.4) is 0 Å². The van der Waals surface area contributed by atoms with Crippen molar-refractivity contribution in [2.75, 3.05) is 0 Å². The Labute approximate surface area is 107 Å². The molecule has 0 saturated carbocycles. The molecule has 3 nitrogen and oxygen atoms in total. The standard InChI is InChI=1S/C15H15N3/c1-11(2)12-7-3-4-8-13(12)14-9-5-6-10-15(14)17-18-16/h3-11H,1-2H3. The molecule has 0 bridgehead atoms. The van der Waals surface area contributed by atoms with Crippen LogP contribution in [-0.4, -0.2) is 0 Å². The van der Waals surface area contributed by atoms with Gasteiger partial charge in [0.15, 0.2) is 0 Å². The summed E-state index contributed by atoms with van der Waals surface area (Å²) in [5.74, 6) is 0.431. The molecule has 0 atom stereocenters. The molecule has 90 valence electrons. The van der Waals surface area contributed by atoms with E-state index in [0.29, 0.717) is 11.6 Å². The molecule has 0 heterocycles. The summed E-state index contributed by atoms with van der Waals surface area (Å²) in [7, 11) is 0. The molecule has 2 aromatic rings. The number of rotatable bonds is 3. The minimum atomic E-state index is 0.431. The van der Waals surface area contributed by atoms with Crippen LogP contribution in [0.1, 0.15) is 25.3 Å². The molecule has 3 heteroatoms. The van der Waals surface area contributed by atoms with Gasteiger partial charge in [0, 0.05) is 10.6 Å². The lowest BCUT2D eigenvalue weighted by Gasteiger charge is -2.14. The summed E-state index contributed by atoms with van der Waals surface area (Å²) in [5, 5.41) is 3.76. The zero-order valence-corrected chi connectivity index (χ0v) is 10.5. The van der Waals surface area contributed by atoms with Gasteiger partial charge in [0.1, 0.15) is 0 Å². The van der Waals surface area contributed by atoms with Gasteiger partial charge in [-0.05, 0) is 28.1 Å². The molecule has 0 fully saturated rings. The lowest BCUT2D eigenvalue weighted by Crippen LogP contribution is -1.91. The average Bonchev–Trinajstić information content (AvgIpc) is 2.40. The maximum atomic E-state index is 8.63. The van der Waals surface area contributed by atoms with Crippen LogP contribution in [0.25, 0.3) is 21.6 Å². The molecular formula is C15H15N3. The first-order valence-corrected chi connectivity index (χ1v) is 5.97. The van der Waals surface area contributed by atoms with Gasteiger partial charge in [-0.1, -0.05) is 67.5 Å². The molecule has 0 aliphatic carbocycles. The summed E-state index contributed by atoms with van der Waals surface area (Å²) < 4.78 is 0. The second-order valence-corrected chi connectivity index (χ2v) is 4.45. The van der Waals surface area contributed by atoms with Gasteiger partial charge in [-0.25, -0.2) is 0 Å². The van der Waals surface area contributed by atoms with Crippen LogP contribution < -0.4 is 0 Å². The highest BCUT2D eigenvalue weighted by Gasteiger charge is 2.10. The number of hydrogen-bond acceptors (Lipinski definition) is 1. The molecule has 2 aromatic carbocycles. The minimum absolute atomic E-state index is 0.431. The zero-order valence-electron chi connectivity index (χ0n) is 10.5. The third-order valence-corrected chi connectivity index (χ3v) is 2.93. The molecule has 0 saturated heterocycles. The van der Waals surface area contributed by atoms with Crippen molar-refractivity contribution in [2.45, 2.75) is 19.8 Å². The smallest absolute Gasteiger partial charge is 0.0453 e. The van der Waals surface area contributed by atoms with Crippen molar-refractivity contribution in [2.24, 2.45) is 5.11 Å². The summed E-state index contributed by atoms with van der Waals surface area (Å²) in [5.41, 5.74) is 12.7. The Bertz CT molecular complexity index is 596. The number of benzene rings is 2. The van der Waals surface area contributed by atoms with Crippen LogP contribution in [0.4, 0.5) is 5.69 Å². The van der Waals surface area contributed by atoms with Gasteiger partial charge in [-0.15, -0.1) is 0 Å². The quantitative estimate of drug-likeness (QED) is 0.389. The van der Waals surface area contributed by atoms with Crippen molar-refractivity contribution in [3.63, 3.8) is 0 Å². The zero-order chi connectivity index (χ0) is 13.0. The fourth-order valence-corrected chi connectivity index (χ4v) is 2.08. The highest BCUT2D eigenvalue weighted by molar-refractivity contribution is 5.78. The second-order valence-electron chi connectivity index (χ2n) is 4.45. The molecule has 0 aliphatic rings. The number of hydrogen-bond donors (Lipinski definition) is 0. The first kappa shape index (κ1) is 12.2. The molecule has 0 aromatic heterocycles. The van der Waals surface area contributed by atoms with Crippen molar-refractivity contribution in [1.82, 2.24) is 0 Å². The van der Waals surface area contributed by atoms with Crippen LogP contribution in [0.2, 0.25) is 0 Å². The average molecular weight is 237 g/mol. The topological polar surface area (TPSA) is 48.8 Å². The summed E-state index contributed by atoms with van der Waals surface area (Å²) in [6.45, 7) is 4.32. The molecule has 0 N–H and O–H groups in total. The Morgan fingerprint density at radius 2 is 1.56 bits per heavy atom. The van der Waals surface area contributed by atoms with Crippen molar-refractivity contribution >= 4 is 5.69 Å². The van der Waals surface area contributed by atoms with Crippen LogP contribution in [0.15, 0.2) is 53.6 Å². The van der Waals surface area contributed by atoms with E-state index in [9.17, 15) is 0 Å². The Kier molecular flexibility index (Phi) is 3.66. The predicted molar refractivity (Wildman–Crippen MR) is 74.8 cm³/mol. The van der Waals surface area contributed by atoms with Crippen molar-refractivity contribution in [3.8, 4) is 11.1 Å². The fraction of sp³-hybridized carbons (Fsp3) is 0.200. The minimum Gasteiger partial charge on any atom is -0.0619 e. The molecule has 0 radical (unpaired) electrons. The van der Waals surface area contributed by atoms with Gasteiger partial charge in [0.25, 0.3) is 0 Å². The van der Waals surface area contributed by atoms with E-state index in [1.807, 2.05) is 36.4 Å². The SMILES string of the molecule is CC(C)c1ccccc1-c1ccccc1N=[N+]=[N-]. The molecular weight excluding hydrogens is 222 g/mol. The van der Waals surface area contributed by atoms with E-state index in [4.69, 9.17) is 5.53 Å². The maximum Gasteiger partial charge on any atom is 0.0453 e. The third kappa shape index (κ3) is 2.36. The summed E-state index contributed by atoms with van der Waals surface area (Å²) in [6.07, 6.45) is 0. The Morgan fingerprint density at radius 1 is 0.944 bits per heavy atom. The first-order valence-electron chi connectivity index (χ1n) is 5.97. The third-order valence-electron chi connectivity index (χ3n) is 2.93. The Balaban J connectivity index is 2.65. The van der Waals surface area contributed by atoms with Gasteiger partial charge in [0.05, 0.1) is 0 Å². The predicted octanol–water partition coefficient (Wildman–Crippen LogP) is 5.42. The molecule has 0 unspecified atom stereocenters. The van der Waals surface area contributed by atoms with E-state index in [2.05, 4.69) is 36.0 Å². The van der Waals surface area contributed by atoms with Crippen molar-refractivity contribution in [3.05, 3.63) is 64.5 Å². The summed E-state index contributed by atoms with van der Waals surface area (Å²) in [6, 6.07) is 15.9.